The zero-order valence-electron chi connectivity index (χ0n) is 10.1. The maximum atomic E-state index is 11.5. The fraction of sp³-hybridized carbons (Fsp3) is 0.600. The van der Waals surface area contributed by atoms with Gasteiger partial charge in [0.2, 0.25) is 0 Å². The Morgan fingerprint density at radius 3 is 2.82 bits per heavy atom. The van der Waals surface area contributed by atoms with E-state index in [9.17, 15) is 4.79 Å². The highest BCUT2D eigenvalue weighted by Gasteiger charge is 2.07. The first-order valence-electron chi connectivity index (χ1n) is 5.24. The molecule has 0 unspecified atom stereocenters. The molecule has 0 bridgehead atoms. The van der Waals surface area contributed by atoms with Crippen LogP contribution < -0.4 is 10.6 Å². The third-order valence-electron chi connectivity index (χ3n) is 2.01. The molecule has 0 fully saturated rings. The fourth-order valence-corrected chi connectivity index (χ4v) is 1.19. The number of H-pyrrole nitrogens is 1. The Kier molecular flexibility index (Phi) is 8.39. The molecule has 1 amide bonds. The molecule has 98 valence electrons. The maximum Gasteiger partial charge on any atom is 0.271 e. The minimum atomic E-state index is -0.155. The fourth-order valence-electron chi connectivity index (χ4n) is 1.19. The molecule has 0 saturated carbocycles. The van der Waals surface area contributed by atoms with Crippen molar-refractivity contribution >= 4 is 18.3 Å². The van der Waals surface area contributed by atoms with E-state index in [1.807, 2.05) is 6.92 Å². The van der Waals surface area contributed by atoms with E-state index in [1.165, 1.54) is 0 Å². The molecule has 0 aliphatic carbocycles. The van der Waals surface area contributed by atoms with Crippen LogP contribution in [0.4, 0.5) is 0 Å². The van der Waals surface area contributed by atoms with Crippen LogP contribution >= 0.6 is 12.4 Å². The molecule has 0 saturated heterocycles. The van der Waals surface area contributed by atoms with Gasteiger partial charge in [-0.05, 0) is 13.0 Å². The van der Waals surface area contributed by atoms with Crippen LogP contribution in [-0.2, 0) is 4.74 Å². The lowest BCUT2D eigenvalue weighted by Crippen LogP contribution is -2.33. The van der Waals surface area contributed by atoms with Crippen LogP contribution in [0, 0.1) is 6.92 Å². The number of hydrogen-bond acceptors (Lipinski definition) is 4. The van der Waals surface area contributed by atoms with Crippen LogP contribution in [0.1, 0.15) is 16.2 Å². The second kappa shape index (κ2) is 8.98. The molecule has 0 aliphatic rings. The van der Waals surface area contributed by atoms with Crippen LogP contribution in [-0.4, -0.2) is 49.5 Å². The van der Waals surface area contributed by atoms with Gasteiger partial charge in [0.1, 0.15) is 5.69 Å². The van der Waals surface area contributed by atoms with Crippen molar-refractivity contribution in [3.63, 3.8) is 0 Å². The van der Waals surface area contributed by atoms with E-state index >= 15 is 0 Å². The van der Waals surface area contributed by atoms with Crippen LogP contribution in [0.25, 0.3) is 0 Å². The van der Waals surface area contributed by atoms with Gasteiger partial charge in [0, 0.05) is 32.4 Å². The Hall–Kier alpha value is -1.11. The van der Waals surface area contributed by atoms with Crippen molar-refractivity contribution in [3.8, 4) is 0 Å². The van der Waals surface area contributed by atoms with Crippen LogP contribution in [0.3, 0.4) is 0 Å². The molecule has 0 atom stereocenters. The highest BCUT2D eigenvalue weighted by Crippen LogP contribution is 1.96. The maximum absolute atomic E-state index is 11.5. The Balaban J connectivity index is 0.00000256. The van der Waals surface area contributed by atoms with Gasteiger partial charge < -0.3 is 15.4 Å². The molecule has 7 heteroatoms. The van der Waals surface area contributed by atoms with Gasteiger partial charge in [-0.3, -0.25) is 9.89 Å². The Morgan fingerprint density at radius 1 is 1.47 bits per heavy atom. The van der Waals surface area contributed by atoms with E-state index in [4.69, 9.17) is 4.74 Å². The monoisotopic (exact) mass is 262 g/mol. The molecule has 1 aromatic heterocycles. The average molecular weight is 263 g/mol. The lowest BCUT2D eigenvalue weighted by Gasteiger charge is -2.04. The Morgan fingerprint density at radius 2 is 2.24 bits per heavy atom. The third kappa shape index (κ3) is 6.25. The zero-order chi connectivity index (χ0) is 11.8. The van der Waals surface area contributed by atoms with Crippen molar-refractivity contribution in [2.75, 3.05) is 33.4 Å². The molecule has 0 aromatic carbocycles. The number of halogens is 1. The zero-order valence-corrected chi connectivity index (χ0v) is 10.9. The van der Waals surface area contributed by atoms with Crippen molar-refractivity contribution in [2.45, 2.75) is 6.92 Å². The van der Waals surface area contributed by atoms with Crippen molar-refractivity contribution in [1.29, 1.82) is 0 Å². The van der Waals surface area contributed by atoms with E-state index in [-0.39, 0.29) is 18.3 Å². The van der Waals surface area contributed by atoms with E-state index in [1.54, 1.807) is 13.2 Å². The summed E-state index contributed by atoms with van der Waals surface area (Å²) in [5.41, 5.74) is 1.30. The van der Waals surface area contributed by atoms with Gasteiger partial charge in [-0.1, -0.05) is 0 Å². The highest BCUT2D eigenvalue weighted by atomic mass is 35.5. The SMILES string of the molecule is COCCNCCNC(=O)c1cc(C)[nH]n1.Cl. The number of nitrogens with zero attached hydrogens (tertiary/aromatic N) is 1. The molecular formula is C10H19ClN4O2. The lowest BCUT2D eigenvalue weighted by molar-refractivity contribution is 0.0948. The van der Waals surface area contributed by atoms with E-state index < -0.39 is 0 Å². The quantitative estimate of drug-likeness (QED) is 0.610. The number of aromatic amines is 1. The van der Waals surface area contributed by atoms with E-state index in [2.05, 4.69) is 20.8 Å². The molecule has 17 heavy (non-hydrogen) atoms. The summed E-state index contributed by atoms with van der Waals surface area (Å²) in [7, 11) is 1.66. The summed E-state index contributed by atoms with van der Waals surface area (Å²) in [5.74, 6) is -0.155. The van der Waals surface area contributed by atoms with Crippen molar-refractivity contribution in [1.82, 2.24) is 20.8 Å². The summed E-state index contributed by atoms with van der Waals surface area (Å²) in [6.07, 6.45) is 0. The molecule has 1 heterocycles. The molecule has 0 spiro atoms. The first-order chi connectivity index (χ1) is 7.74. The van der Waals surface area contributed by atoms with Crippen molar-refractivity contribution < 1.29 is 9.53 Å². The number of aromatic nitrogens is 2. The van der Waals surface area contributed by atoms with E-state index in [0.717, 1.165) is 18.8 Å². The molecular weight excluding hydrogens is 244 g/mol. The van der Waals surface area contributed by atoms with Crippen LogP contribution in [0.2, 0.25) is 0 Å². The highest BCUT2D eigenvalue weighted by molar-refractivity contribution is 5.92. The normalized spacial score (nSPS) is 9.76. The summed E-state index contributed by atoms with van der Waals surface area (Å²) in [4.78, 5) is 11.5. The van der Waals surface area contributed by atoms with Crippen LogP contribution in [0.15, 0.2) is 6.07 Å². The molecule has 1 aromatic rings. The summed E-state index contributed by atoms with van der Waals surface area (Å²) < 4.78 is 4.88. The number of amides is 1. The Labute approximate surface area is 107 Å². The van der Waals surface area contributed by atoms with Crippen molar-refractivity contribution in [3.05, 3.63) is 17.5 Å². The largest absolute Gasteiger partial charge is 0.383 e. The predicted octanol–water partition coefficient (Wildman–Crippen LogP) is 0.106. The minimum absolute atomic E-state index is 0. The van der Waals surface area contributed by atoms with Gasteiger partial charge in [0.15, 0.2) is 0 Å². The smallest absolute Gasteiger partial charge is 0.271 e. The number of hydrogen-bond donors (Lipinski definition) is 3. The number of methoxy groups -OCH3 is 1. The van der Waals surface area contributed by atoms with Gasteiger partial charge >= 0.3 is 0 Å². The van der Waals surface area contributed by atoms with E-state index in [0.29, 0.717) is 18.8 Å². The Bertz CT molecular complexity index is 330. The first kappa shape index (κ1) is 15.9. The molecule has 0 radical (unpaired) electrons. The second-order valence-corrected chi connectivity index (χ2v) is 3.43. The topological polar surface area (TPSA) is 79.0 Å². The summed E-state index contributed by atoms with van der Waals surface area (Å²) in [5, 5.41) is 12.5. The van der Waals surface area contributed by atoms with Crippen molar-refractivity contribution in [2.24, 2.45) is 0 Å². The predicted molar refractivity (Wildman–Crippen MR) is 67.7 cm³/mol. The van der Waals surface area contributed by atoms with Crippen LogP contribution in [0.5, 0.6) is 0 Å². The van der Waals surface area contributed by atoms with Gasteiger partial charge in [-0.15, -0.1) is 12.4 Å². The molecule has 0 aliphatic heterocycles. The van der Waals surface area contributed by atoms with Gasteiger partial charge in [0.25, 0.3) is 5.91 Å². The third-order valence-corrected chi connectivity index (χ3v) is 2.01. The molecule has 6 nitrogen and oxygen atoms in total. The number of carbonyl (C=O) groups is 1. The first-order valence-corrected chi connectivity index (χ1v) is 5.24. The summed E-state index contributed by atoms with van der Waals surface area (Å²) in [6.45, 7) is 4.61. The van der Waals surface area contributed by atoms with Gasteiger partial charge in [0.05, 0.1) is 6.61 Å². The average Bonchev–Trinajstić information content (AvgIpc) is 2.70. The number of nitrogens with one attached hydrogen (secondary N) is 3. The molecule has 1 rings (SSSR count). The molecule has 3 N–H and O–H groups in total. The standard InChI is InChI=1S/C10H18N4O2.ClH/c1-8-7-9(14-13-8)10(15)12-4-3-11-5-6-16-2;/h7,11H,3-6H2,1-2H3,(H,12,15)(H,13,14);1H. The summed E-state index contributed by atoms with van der Waals surface area (Å²) in [6, 6.07) is 1.72. The minimum Gasteiger partial charge on any atom is -0.383 e. The number of carbonyl (C=O) groups excluding carboxylic acids is 1. The second-order valence-electron chi connectivity index (χ2n) is 3.43. The number of aryl methyl sites for hydroxylation is 1. The summed E-state index contributed by atoms with van der Waals surface area (Å²) >= 11 is 0. The lowest BCUT2D eigenvalue weighted by atomic mass is 10.3. The number of ether oxygens (including phenoxy) is 1. The van der Waals surface area contributed by atoms with Gasteiger partial charge in [-0.25, -0.2) is 0 Å². The van der Waals surface area contributed by atoms with Gasteiger partial charge in [-0.2, -0.15) is 5.10 Å². The number of rotatable bonds is 7.